The number of methoxy groups -OCH3 is 1. The molecule has 0 atom stereocenters. The Balaban J connectivity index is 2.44. The van der Waals surface area contributed by atoms with E-state index in [0.717, 1.165) is 47.6 Å². The van der Waals surface area contributed by atoms with Gasteiger partial charge in [-0.1, -0.05) is 20.8 Å². The zero-order valence-electron chi connectivity index (χ0n) is 12.8. The molecule has 0 spiro atoms. The van der Waals surface area contributed by atoms with Gasteiger partial charge in [-0.25, -0.2) is 9.97 Å². The summed E-state index contributed by atoms with van der Waals surface area (Å²) in [4.78, 5) is 9.51. The highest BCUT2D eigenvalue weighted by Gasteiger charge is 2.42. The van der Waals surface area contributed by atoms with Crippen LogP contribution in [0.3, 0.4) is 0 Å². The van der Waals surface area contributed by atoms with Gasteiger partial charge in [-0.05, 0) is 47.5 Å². The van der Waals surface area contributed by atoms with Crippen molar-refractivity contribution in [3.05, 3.63) is 16.0 Å². The molecule has 1 aliphatic rings. The number of halogens is 1. The van der Waals surface area contributed by atoms with Crippen LogP contribution in [0.15, 0.2) is 4.47 Å². The lowest BCUT2D eigenvalue weighted by Crippen LogP contribution is -2.38. The van der Waals surface area contributed by atoms with Crippen LogP contribution in [-0.2, 0) is 10.3 Å². The molecule has 20 heavy (non-hydrogen) atoms. The minimum absolute atomic E-state index is 0.271. The second kappa shape index (κ2) is 6.39. The molecule has 0 bridgehead atoms. The van der Waals surface area contributed by atoms with Crippen LogP contribution >= 0.6 is 15.9 Å². The van der Waals surface area contributed by atoms with Gasteiger partial charge in [0.2, 0.25) is 0 Å². The van der Waals surface area contributed by atoms with Gasteiger partial charge in [-0.2, -0.15) is 0 Å². The molecule has 1 heterocycles. The summed E-state index contributed by atoms with van der Waals surface area (Å²) in [6, 6.07) is 0. The van der Waals surface area contributed by atoms with E-state index in [1.807, 2.05) is 0 Å². The zero-order valence-corrected chi connectivity index (χ0v) is 14.4. The number of rotatable bonds is 6. The Morgan fingerprint density at radius 3 is 2.50 bits per heavy atom. The van der Waals surface area contributed by atoms with Crippen molar-refractivity contribution < 1.29 is 4.74 Å². The molecule has 0 radical (unpaired) electrons. The highest BCUT2D eigenvalue weighted by atomic mass is 79.9. The quantitative estimate of drug-likeness (QED) is 0.841. The minimum Gasteiger partial charge on any atom is -0.370 e. The Morgan fingerprint density at radius 2 is 2.05 bits per heavy atom. The smallest absolute Gasteiger partial charge is 0.162 e. The van der Waals surface area contributed by atoms with Crippen LogP contribution in [0.2, 0.25) is 0 Å². The third-order valence-electron chi connectivity index (χ3n) is 3.93. The summed E-state index contributed by atoms with van der Waals surface area (Å²) in [6.45, 7) is 7.36. The van der Waals surface area contributed by atoms with Crippen LogP contribution < -0.4 is 5.32 Å². The van der Waals surface area contributed by atoms with E-state index in [4.69, 9.17) is 14.7 Å². The Labute approximate surface area is 129 Å². The predicted octanol–water partition coefficient (Wildman–Crippen LogP) is 4.21. The fraction of sp³-hybridized carbons (Fsp3) is 0.733. The number of hydrogen-bond donors (Lipinski definition) is 1. The normalized spacial score (nSPS) is 17.1. The summed E-state index contributed by atoms with van der Waals surface area (Å²) in [7, 11) is 1.76. The molecule has 1 aromatic rings. The van der Waals surface area contributed by atoms with Crippen LogP contribution in [0.5, 0.6) is 0 Å². The number of hydrogen-bond acceptors (Lipinski definition) is 4. The van der Waals surface area contributed by atoms with Gasteiger partial charge in [0.25, 0.3) is 0 Å². The van der Waals surface area contributed by atoms with Crippen LogP contribution in [0.4, 0.5) is 5.82 Å². The molecule has 1 fully saturated rings. The second-order valence-electron chi connectivity index (χ2n) is 5.73. The van der Waals surface area contributed by atoms with Gasteiger partial charge >= 0.3 is 0 Å². The van der Waals surface area contributed by atoms with Crippen molar-refractivity contribution in [2.45, 2.75) is 58.0 Å². The monoisotopic (exact) mass is 341 g/mol. The summed E-state index contributed by atoms with van der Waals surface area (Å²) in [5, 5.41) is 3.39. The maximum Gasteiger partial charge on any atom is 0.162 e. The summed E-state index contributed by atoms with van der Waals surface area (Å²) in [5.41, 5.74) is 0.782. The van der Waals surface area contributed by atoms with Crippen molar-refractivity contribution >= 4 is 21.7 Å². The molecule has 1 aromatic heterocycles. The largest absolute Gasteiger partial charge is 0.370 e. The lowest BCUT2D eigenvalue weighted by atomic mass is 9.79. The molecule has 0 unspecified atom stereocenters. The molecule has 4 nitrogen and oxygen atoms in total. The van der Waals surface area contributed by atoms with E-state index in [2.05, 4.69) is 42.0 Å². The Hall–Kier alpha value is -0.680. The molecule has 5 heteroatoms. The fourth-order valence-corrected chi connectivity index (χ4v) is 3.20. The van der Waals surface area contributed by atoms with E-state index in [0.29, 0.717) is 5.92 Å². The van der Waals surface area contributed by atoms with Gasteiger partial charge in [0.05, 0.1) is 10.2 Å². The third kappa shape index (κ3) is 2.84. The highest BCUT2D eigenvalue weighted by molar-refractivity contribution is 9.10. The van der Waals surface area contributed by atoms with Crippen molar-refractivity contribution in [2.75, 3.05) is 19.0 Å². The molecular weight excluding hydrogens is 318 g/mol. The first-order valence-corrected chi connectivity index (χ1v) is 8.20. The van der Waals surface area contributed by atoms with E-state index < -0.39 is 0 Å². The summed E-state index contributed by atoms with van der Waals surface area (Å²) >= 11 is 3.65. The van der Waals surface area contributed by atoms with Gasteiger partial charge < -0.3 is 10.1 Å². The lowest BCUT2D eigenvalue weighted by molar-refractivity contribution is -0.0847. The van der Waals surface area contributed by atoms with E-state index in [-0.39, 0.29) is 5.60 Å². The van der Waals surface area contributed by atoms with Gasteiger partial charge in [0.1, 0.15) is 11.4 Å². The molecule has 0 saturated heterocycles. The topological polar surface area (TPSA) is 47.0 Å². The first kappa shape index (κ1) is 15.7. The van der Waals surface area contributed by atoms with E-state index in [9.17, 15) is 0 Å². The average Bonchev–Trinajstić information content (AvgIpc) is 2.37. The highest BCUT2D eigenvalue weighted by Crippen LogP contribution is 2.44. The summed E-state index contributed by atoms with van der Waals surface area (Å²) in [6.07, 6.45) is 4.27. The zero-order chi connectivity index (χ0) is 14.8. The van der Waals surface area contributed by atoms with Crippen LogP contribution in [0.1, 0.15) is 63.9 Å². The molecule has 1 saturated carbocycles. The molecule has 0 amide bonds. The van der Waals surface area contributed by atoms with Crippen LogP contribution in [0.25, 0.3) is 0 Å². The summed E-state index contributed by atoms with van der Waals surface area (Å²) < 4.78 is 6.71. The Bertz CT molecular complexity index is 467. The van der Waals surface area contributed by atoms with Crippen molar-refractivity contribution in [1.29, 1.82) is 0 Å². The van der Waals surface area contributed by atoms with Gasteiger partial charge in [-0.15, -0.1) is 0 Å². The maximum absolute atomic E-state index is 5.73. The SMILES string of the molecule is CCCNc1nc(C2(OC)CCC2)nc(C(C)C)c1Br. The Morgan fingerprint density at radius 1 is 1.35 bits per heavy atom. The number of nitrogens with zero attached hydrogens (tertiary/aromatic N) is 2. The van der Waals surface area contributed by atoms with Gasteiger partial charge in [0, 0.05) is 13.7 Å². The molecule has 0 aromatic carbocycles. The van der Waals surface area contributed by atoms with Crippen molar-refractivity contribution in [3.8, 4) is 0 Å². The molecule has 112 valence electrons. The van der Waals surface area contributed by atoms with E-state index in [1.54, 1.807) is 7.11 Å². The number of ether oxygens (including phenoxy) is 1. The van der Waals surface area contributed by atoms with Gasteiger partial charge in [-0.3, -0.25) is 0 Å². The fourth-order valence-electron chi connectivity index (χ4n) is 2.43. The lowest BCUT2D eigenvalue weighted by Gasteiger charge is -2.39. The number of aromatic nitrogens is 2. The standard InChI is InChI=1S/C15H24BrN3O/c1-5-9-17-13-11(16)12(10(2)3)18-14(19-13)15(20-4)7-6-8-15/h10H,5-9H2,1-4H3,(H,17,18,19). The molecule has 1 N–H and O–H groups in total. The van der Waals surface area contributed by atoms with Crippen LogP contribution in [-0.4, -0.2) is 23.6 Å². The molecule has 2 rings (SSSR count). The predicted molar refractivity (Wildman–Crippen MR) is 85.1 cm³/mol. The minimum atomic E-state index is -0.271. The number of nitrogens with one attached hydrogen (secondary N) is 1. The first-order chi connectivity index (χ1) is 9.54. The molecular formula is C15H24BrN3O. The van der Waals surface area contributed by atoms with Crippen molar-refractivity contribution in [3.63, 3.8) is 0 Å². The van der Waals surface area contributed by atoms with E-state index >= 15 is 0 Å². The molecule has 1 aliphatic carbocycles. The maximum atomic E-state index is 5.73. The van der Waals surface area contributed by atoms with Crippen molar-refractivity contribution in [2.24, 2.45) is 0 Å². The first-order valence-electron chi connectivity index (χ1n) is 7.41. The van der Waals surface area contributed by atoms with Gasteiger partial charge in [0.15, 0.2) is 5.82 Å². The second-order valence-corrected chi connectivity index (χ2v) is 6.52. The van der Waals surface area contributed by atoms with Crippen molar-refractivity contribution in [1.82, 2.24) is 9.97 Å². The Kier molecular flexibility index (Phi) is 5.02. The molecule has 0 aliphatic heterocycles. The average molecular weight is 342 g/mol. The van der Waals surface area contributed by atoms with E-state index in [1.165, 1.54) is 6.42 Å². The number of anilines is 1. The van der Waals surface area contributed by atoms with Crippen LogP contribution in [0, 0.1) is 0 Å². The third-order valence-corrected chi connectivity index (χ3v) is 4.71. The summed E-state index contributed by atoms with van der Waals surface area (Å²) in [5.74, 6) is 2.07.